The number of ether oxygens (including phenoxy) is 1. The summed E-state index contributed by atoms with van der Waals surface area (Å²) in [6, 6.07) is 11.1. The van der Waals surface area contributed by atoms with E-state index in [1.54, 1.807) is 23.3 Å². The van der Waals surface area contributed by atoms with Gasteiger partial charge >= 0.3 is 5.97 Å². The Morgan fingerprint density at radius 1 is 1.26 bits per heavy atom. The van der Waals surface area contributed by atoms with E-state index in [1.165, 1.54) is 0 Å². The van der Waals surface area contributed by atoms with E-state index in [9.17, 15) is 14.1 Å². The zero-order valence-corrected chi connectivity index (χ0v) is 23.2. The molecule has 11 heteroatoms. The van der Waals surface area contributed by atoms with Gasteiger partial charge in [0.25, 0.3) is 0 Å². The monoisotopic (exact) mass is 550 g/mol. The summed E-state index contributed by atoms with van der Waals surface area (Å²) in [6.07, 6.45) is 3.24. The van der Waals surface area contributed by atoms with Gasteiger partial charge in [0.2, 0.25) is 5.88 Å². The Labute approximate surface area is 230 Å². The molecule has 0 radical (unpaired) electrons. The number of anilines is 2. The third-order valence-electron chi connectivity index (χ3n) is 7.59. The lowest BCUT2D eigenvalue weighted by atomic mass is 9.87. The van der Waals surface area contributed by atoms with Crippen molar-refractivity contribution in [3.8, 4) is 5.88 Å². The van der Waals surface area contributed by atoms with Crippen molar-refractivity contribution < 1.29 is 18.8 Å². The Morgan fingerprint density at radius 3 is 2.72 bits per heavy atom. The van der Waals surface area contributed by atoms with Crippen LogP contribution in [0.25, 0.3) is 0 Å². The Balaban J connectivity index is 1.51. The Kier molecular flexibility index (Phi) is 7.32. The van der Waals surface area contributed by atoms with Gasteiger partial charge in [0, 0.05) is 24.4 Å². The molecule has 1 fully saturated rings. The molecule has 206 valence electrons. The molecule has 10 nitrogen and oxygen atoms in total. The van der Waals surface area contributed by atoms with Crippen LogP contribution in [0.1, 0.15) is 60.2 Å². The van der Waals surface area contributed by atoms with E-state index in [0.717, 1.165) is 35.2 Å². The maximum absolute atomic E-state index is 13.6. The number of hydrogen-bond acceptors (Lipinski definition) is 8. The molecule has 1 aliphatic heterocycles. The number of fused-ring (bicyclic) bond motifs is 1. The zero-order chi connectivity index (χ0) is 27.9. The van der Waals surface area contributed by atoms with Gasteiger partial charge in [-0.2, -0.15) is 0 Å². The molecule has 39 heavy (non-hydrogen) atoms. The molecule has 1 aliphatic carbocycles. The summed E-state index contributed by atoms with van der Waals surface area (Å²) in [5.41, 5.74) is 11.1. The molecule has 5 rings (SSSR count). The molecule has 1 spiro atoms. The molecule has 2 aromatic heterocycles. The molecule has 3 heterocycles. The summed E-state index contributed by atoms with van der Waals surface area (Å²) < 4.78 is 21.7. The molecular formula is C28H34N6O4S. The lowest BCUT2D eigenvalue weighted by molar-refractivity contribution is -0.137. The fourth-order valence-corrected chi connectivity index (χ4v) is 6.35. The largest absolute Gasteiger partial charge is 0.481 e. The molecular weight excluding hydrogens is 516 g/mol. The van der Waals surface area contributed by atoms with Gasteiger partial charge in [0.1, 0.15) is 21.5 Å². The molecule has 1 saturated carbocycles. The smallest absolute Gasteiger partial charge is 0.304 e. The molecule has 0 bridgehead atoms. The first-order chi connectivity index (χ1) is 18.6. The molecule has 0 saturated heterocycles. The quantitative estimate of drug-likeness (QED) is 0.218. The van der Waals surface area contributed by atoms with Crippen LogP contribution in [0.2, 0.25) is 0 Å². The van der Waals surface area contributed by atoms with Gasteiger partial charge in [0.15, 0.2) is 0 Å². The maximum Gasteiger partial charge on any atom is 0.304 e. The molecule has 2 atom stereocenters. The number of carboxylic acids is 1. The van der Waals surface area contributed by atoms with E-state index in [1.807, 2.05) is 49.3 Å². The van der Waals surface area contributed by atoms with E-state index in [4.69, 9.17) is 21.3 Å². The number of pyridine rings is 2. The van der Waals surface area contributed by atoms with Crippen molar-refractivity contribution in [2.75, 3.05) is 23.8 Å². The SMILES string of the molecule is CCN(N)c1ccc(C(CC(=O)O)c2ccc(C)c(CN3CC4(CC4)Oc4ncccc4S3=O)n2)c(C)c1N. The molecule has 3 aromatic rings. The van der Waals surface area contributed by atoms with Crippen LogP contribution in [0.5, 0.6) is 5.88 Å². The number of nitrogen functional groups attached to an aromatic ring is 1. The van der Waals surface area contributed by atoms with Gasteiger partial charge in [-0.15, -0.1) is 0 Å². The lowest BCUT2D eigenvalue weighted by Crippen LogP contribution is -2.36. The number of benzene rings is 1. The fourth-order valence-electron chi connectivity index (χ4n) is 5.04. The number of aryl methyl sites for hydroxylation is 1. The highest BCUT2D eigenvalue weighted by Crippen LogP contribution is 2.45. The zero-order valence-electron chi connectivity index (χ0n) is 22.4. The first kappa shape index (κ1) is 27.0. The minimum atomic E-state index is -1.48. The van der Waals surface area contributed by atoms with Gasteiger partial charge in [0.05, 0.1) is 36.6 Å². The van der Waals surface area contributed by atoms with Crippen LogP contribution in [0.15, 0.2) is 47.5 Å². The Hall–Kier alpha value is -3.54. The number of aliphatic carboxylic acids is 1. The van der Waals surface area contributed by atoms with Crippen LogP contribution >= 0.6 is 0 Å². The van der Waals surface area contributed by atoms with Gasteiger partial charge in [-0.25, -0.2) is 19.3 Å². The second-order valence-corrected chi connectivity index (χ2v) is 11.7. The van der Waals surface area contributed by atoms with Gasteiger partial charge in [-0.1, -0.05) is 12.1 Å². The van der Waals surface area contributed by atoms with Crippen molar-refractivity contribution in [3.63, 3.8) is 0 Å². The normalized spacial score (nSPS) is 18.6. The second-order valence-electron chi connectivity index (χ2n) is 10.3. The van der Waals surface area contributed by atoms with Crippen LogP contribution in [-0.4, -0.2) is 48.2 Å². The maximum atomic E-state index is 13.6. The predicted molar refractivity (Wildman–Crippen MR) is 150 cm³/mol. The van der Waals surface area contributed by atoms with Crippen molar-refractivity contribution in [3.05, 3.63) is 70.7 Å². The van der Waals surface area contributed by atoms with E-state index >= 15 is 0 Å². The summed E-state index contributed by atoms with van der Waals surface area (Å²) in [7, 11) is -1.48. The van der Waals surface area contributed by atoms with E-state index < -0.39 is 28.5 Å². The third kappa shape index (κ3) is 5.34. The summed E-state index contributed by atoms with van der Waals surface area (Å²) in [4.78, 5) is 21.8. The van der Waals surface area contributed by atoms with Crippen molar-refractivity contribution in [1.82, 2.24) is 14.3 Å². The number of aromatic nitrogens is 2. The summed E-state index contributed by atoms with van der Waals surface area (Å²) in [5, 5.41) is 11.4. The lowest BCUT2D eigenvalue weighted by Gasteiger charge is -2.25. The van der Waals surface area contributed by atoms with Gasteiger partial charge < -0.3 is 20.6 Å². The molecule has 2 aliphatic rings. The Bertz CT molecular complexity index is 1440. The van der Waals surface area contributed by atoms with Gasteiger partial charge in [-0.05, 0) is 74.6 Å². The van der Waals surface area contributed by atoms with Crippen LogP contribution in [0.4, 0.5) is 11.4 Å². The van der Waals surface area contributed by atoms with Crippen LogP contribution < -0.4 is 21.3 Å². The highest BCUT2D eigenvalue weighted by Gasteiger charge is 2.50. The molecule has 0 amide bonds. The summed E-state index contributed by atoms with van der Waals surface area (Å²) >= 11 is 0. The number of nitrogens with two attached hydrogens (primary N) is 2. The van der Waals surface area contributed by atoms with Crippen molar-refractivity contribution in [2.24, 2.45) is 5.84 Å². The standard InChI is InChI=1S/C28H34N6O4S/c1-4-34(30)23-10-8-19(18(3)26(23)29)20(14-25(35)36)21-9-7-17(2)22(32-21)15-33-16-28(11-12-28)38-27-24(39(33)37)6-5-13-31-27/h5-10,13,20H,4,11-12,14-16,29-30H2,1-3H3,(H,35,36). The van der Waals surface area contributed by atoms with Crippen LogP contribution in [0.3, 0.4) is 0 Å². The van der Waals surface area contributed by atoms with E-state index in [2.05, 4.69) is 4.98 Å². The molecule has 5 N–H and O–H groups in total. The first-order valence-electron chi connectivity index (χ1n) is 13.0. The number of carboxylic acid groups (broad SMARTS) is 1. The predicted octanol–water partition coefficient (Wildman–Crippen LogP) is 3.43. The summed E-state index contributed by atoms with van der Waals surface area (Å²) in [6.45, 7) is 7.15. The molecule has 2 unspecified atom stereocenters. The van der Waals surface area contributed by atoms with Crippen molar-refractivity contribution in [2.45, 2.75) is 63.0 Å². The second kappa shape index (κ2) is 10.6. The number of rotatable bonds is 8. The van der Waals surface area contributed by atoms with Crippen LogP contribution in [-0.2, 0) is 22.3 Å². The number of carbonyl (C=O) groups is 1. The minimum Gasteiger partial charge on any atom is -0.481 e. The average molecular weight is 551 g/mol. The van der Waals surface area contributed by atoms with Crippen molar-refractivity contribution in [1.29, 1.82) is 0 Å². The van der Waals surface area contributed by atoms with E-state index in [-0.39, 0.29) is 6.42 Å². The molecule has 1 aromatic carbocycles. The highest BCUT2D eigenvalue weighted by atomic mass is 32.2. The van der Waals surface area contributed by atoms with Crippen molar-refractivity contribution >= 4 is 28.3 Å². The average Bonchev–Trinajstić information content (AvgIpc) is 3.69. The fraction of sp³-hybridized carbons (Fsp3) is 0.393. The number of hydrazine groups is 1. The Morgan fingerprint density at radius 2 is 2.03 bits per heavy atom. The minimum absolute atomic E-state index is 0.152. The number of hydrogen-bond donors (Lipinski definition) is 3. The topological polar surface area (TPSA) is 148 Å². The third-order valence-corrected chi connectivity index (χ3v) is 9.00. The number of nitrogens with zero attached hydrogens (tertiary/aromatic N) is 4. The van der Waals surface area contributed by atoms with E-state index in [0.29, 0.717) is 47.5 Å². The summed E-state index contributed by atoms with van der Waals surface area (Å²) in [5.74, 6) is 5.05. The highest BCUT2D eigenvalue weighted by molar-refractivity contribution is 7.82. The first-order valence-corrected chi connectivity index (χ1v) is 14.1. The van der Waals surface area contributed by atoms with Crippen LogP contribution in [0, 0.1) is 13.8 Å². The van der Waals surface area contributed by atoms with Gasteiger partial charge in [-0.3, -0.25) is 9.78 Å².